The summed E-state index contributed by atoms with van der Waals surface area (Å²) in [4.78, 5) is 10.7. The van der Waals surface area contributed by atoms with Crippen molar-refractivity contribution in [3.8, 4) is 5.75 Å². The van der Waals surface area contributed by atoms with E-state index in [0.29, 0.717) is 19.6 Å². The zero-order valence-corrected chi connectivity index (χ0v) is 9.89. The van der Waals surface area contributed by atoms with Crippen molar-refractivity contribution >= 4 is 5.91 Å². The van der Waals surface area contributed by atoms with Crippen LogP contribution in [0, 0.1) is 0 Å². The van der Waals surface area contributed by atoms with E-state index >= 15 is 0 Å². The number of primary amides is 1. The number of carbonyl (C=O) groups is 1. The van der Waals surface area contributed by atoms with Gasteiger partial charge in [-0.3, -0.25) is 4.79 Å². The Bertz CT molecular complexity index is 369. The van der Waals surface area contributed by atoms with Crippen LogP contribution in [0.4, 0.5) is 0 Å². The van der Waals surface area contributed by atoms with Crippen LogP contribution in [-0.4, -0.2) is 25.7 Å². The minimum Gasteiger partial charge on any atom is -0.494 e. The van der Waals surface area contributed by atoms with Crippen molar-refractivity contribution in [3.63, 3.8) is 0 Å². The maximum absolute atomic E-state index is 10.7. The van der Waals surface area contributed by atoms with Gasteiger partial charge in [0.05, 0.1) is 19.3 Å². The van der Waals surface area contributed by atoms with Crippen molar-refractivity contribution in [2.75, 3.05) is 13.7 Å². The highest BCUT2D eigenvalue weighted by Crippen LogP contribution is 2.14. The summed E-state index contributed by atoms with van der Waals surface area (Å²) in [6, 6.07) is 6.91. The molecule has 0 aliphatic carbocycles. The van der Waals surface area contributed by atoms with Crippen molar-refractivity contribution in [2.45, 2.75) is 19.1 Å². The van der Waals surface area contributed by atoms with Crippen LogP contribution in [0.1, 0.15) is 12.0 Å². The summed E-state index contributed by atoms with van der Waals surface area (Å²) in [6.07, 6.45) is 0.407. The number of amides is 1. The Labute approximate surface area is 101 Å². The van der Waals surface area contributed by atoms with Crippen LogP contribution in [0.5, 0.6) is 5.75 Å². The van der Waals surface area contributed by atoms with Gasteiger partial charge in [0.15, 0.2) is 0 Å². The Morgan fingerprint density at radius 2 is 2.24 bits per heavy atom. The molecule has 0 saturated heterocycles. The Morgan fingerprint density at radius 1 is 1.47 bits per heavy atom. The second kappa shape index (κ2) is 6.88. The molecule has 1 aromatic rings. The van der Waals surface area contributed by atoms with Crippen molar-refractivity contribution < 1.29 is 14.3 Å². The first-order chi connectivity index (χ1) is 8.13. The lowest BCUT2D eigenvalue weighted by atomic mass is 10.2. The summed E-state index contributed by atoms with van der Waals surface area (Å²) < 4.78 is 10.5. The first-order valence-electron chi connectivity index (χ1n) is 5.39. The van der Waals surface area contributed by atoms with Gasteiger partial charge < -0.3 is 20.9 Å². The summed E-state index contributed by atoms with van der Waals surface area (Å²) in [5, 5.41) is 0. The standard InChI is InChI=1S/C12H18N2O3/c1-16-8-9-3-2-4-10(7-9)17-6-5-11(13)12(14)15/h2-4,7,11H,5-6,8,13H2,1H3,(H2,14,15). The lowest BCUT2D eigenvalue weighted by molar-refractivity contribution is -0.119. The second-order valence-electron chi connectivity index (χ2n) is 3.73. The van der Waals surface area contributed by atoms with E-state index in [1.807, 2.05) is 24.3 Å². The first kappa shape index (κ1) is 13.5. The Hall–Kier alpha value is -1.59. The van der Waals surface area contributed by atoms with Gasteiger partial charge in [-0.05, 0) is 17.7 Å². The van der Waals surface area contributed by atoms with E-state index in [9.17, 15) is 4.79 Å². The van der Waals surface area contributed by atoms with Gasteiger partial charge in [0.1, 0.15) is 5.75 Å². The van der Waals surface area contributed by atoms with Gasteiger partial charge in [0.2, 0.25) is 5.91 Å². The summed E-state index contributed by atoms with van der Waals surface area (Å²) >= 11 is 0. The number of benzene rings is 1. The first-order valence-corrected chi connectivity index (χ1v) is 5.39. The number of nitrogens with two attached hydrogens (primary N) is 2. The Kier molecular flexibility index (Phi) is 5.45. The number of hydrogen-bond donors (Lipinski definition) is 2. The van der Waals surface area contributed by atoms with Gasteiger partial charge in [-0.25, -0.2) is 0 Å². The highest BCUT2D eigenvalue weighted by molar-refractivity contribution is 5.79. The maximum Gasteiger partial charge on any atom is 0.234 e. The van der Waals surface area contributed by atoms with Crippen LogP contribution in [0.15, 0.2) is 24.3 Å². The molecule has 0 aromatic heterocycles. The molecule has 1 aromatic carbocycles. The zero-order chi connectivity index (χ0) is 12.7. The van der Waals surface area contributed by atoms with E-state index < -0.39 is 11.9 Å². The molecule has 0 aliphatic rings. The quantitative estimate of drug-likeness (QED) is 0.720. The molecule has 1 unspecified atom stereocenters. The summed E-state index contributed by atoms with van der Waals surface area (Å²) in [7, 11) is 1.64. The monoisotopic (exact) mass is 238 g/mol. The number of hydrogen-bond acceptors (Lipinski definition) is 4. The van der Waals surface area contributed by atoms with Gasteiger partial charge in [0, 0.05) is 13.5 Å². The van der Waals surface area contributed by atoms with Gasteiger partial charge in [-0.2, -0.15) is 0 Å². The van der Waals surface area contributed by atoms with Crippen molar-refractivity contribution in [2.24, 2.45) is 11.5 Å². The van der Waals surface area contributed by atoms with Gasteiger partial charge >= 0.3 is 0 Å². The van der Waals surface area contributed by atoms with Crippen LogP contribution < -0.4 is 16.2 Å². The van der Waals surface area contributed by atoms with Gasteiger partial charge in [0.25, 0.3) is 0 Å². The molecule has 0 spiro atoms. The minimum atomic E-state index is -0.655. The highest BCUT2D eigenvalue weighted by Gasteiger charge is 2.08. The average Bonchev–Trinajstić information content (AvgIpc) is 2.29. The molecule has 94 valence electrons. The molecule has 5 nitrogen and oxygen atoms in total. The van der Waals surface area contributed by atoms with E-state index in [0.717, 1.165) is 11.3 Å². The molecule has 0 heterocycles. The fraction of sp³-hybridized carbons (Fsp3) is 0.417. The van der Waals surface area contributed by atoms with Crippen LogP contribution in [0.3, 0.4) is 0 Å². The predicted octanol–water partition coefficient (Wildman–Crippen LogP) is 0.415. The van der Waals surface area contributed by atoms with E-state index in [2.05, 4.69) is 0 Å². The lowest BCUT2D eigenvalue weighted by Gasteiger charge is -2.10. The average molecular weight is 238 g/mol. The third-order valence-electron chi connectivity index (χ3n) is 2.27. The fourth-order valence-corrected chi connectivity index (χ4v) is 1.34. The summed E-state index contributed by atoms with van der Waals surface area (Å²) in [6.45, 7) is 0.901. The molecule has 0 radical (unpaired) electrons. The number of rotatable bonds is 7. The van der Waals surface area contributed by atoms with Crippen LogP contribution >= 0.6 is 0 Å². The Morgan fingerprint density at radius 3 is 2.88 bits per heavy atom. The molecule has 4 N–H and O–H groups in total. The molecular weight excluding hydrogens is 220 g/mol. The van der Waals surface area contributed by atoms with E-state index in [4.69, 9.17) is 20.9 Å². The smallest absolute Gasteiger partial charge is 0.234 e. The number of methoxy groups -OCH3 is 1. The SMILES string of the molecule is COCc1cccc(OCCC(N)C(N)=O)c1. The van der Waals surface area contributed by atoms with Crippen LogP contribution in [-0.2, 0) is 16.1 Å². The van der Waals surface area contributed by atoms with E-state index in [-0.39, 0.29) is 0 Å². The maximum atomic E-state index is 10.7. The molecule has 0 fully saturated rings. The molecule has 1 amide bonds. The van der Waals surface area contributed by atoms with Crippen molar-refractivity contribution in [1.29, 1.82) is 0 Å². The zero-order valence-electron chi connectivity index (χ0n) is 9.89. The molecule has 0 saturated carbocycles. The normalized spacial score (nSPS) is 12.1. The third-order valence-corrected chi connectivity index (χ3v) is 2.27. The predicted molar refractivity (Wildman–Crippen MR) is 64.4 cm³/mol. The second-order valence-corrected chi connectivity index (χ2v) is 3.73. The molecule has 5 heteroatoms. The molecule has 17 heavy (non-hydrogen) atoms. The minimum absolute atomic E-state index is 0.362. The summed E-state index contributed by atoms with van der Waals surface area (Å²) in [5.41, 5.74) is 11.6. The molecule has 0 aliphatic heterocycles. The molecule has 1 atom stereocenters. The fourth-order valence-electron chi connectivity index (χ4n) is 1.34. The van der Waals surface area contributed by atoms with Gasteiger partial charge in [-0.15, -0.1) is 0 Å². The highest BCUT2D eigenvalue weighted by atomic mass is 16.5. The largest absolute Gasteiger partial charge is 0.494 e. The summed E-state index contributed by atoms with van der Waals surface area (Å²) in [5.74, 6) is 0.220. The van der Waals surface area contributed by atoms with Gasteiger partial charge in [-0.1, -0.05) is 12.1 Å². The van der Waals surface area contributed by atoms with Crippen LogP contribution in [0.25, 0.3) is 0 Å². The molecule has 0 bridgehead atoms. The van der Waals surface area contributed by atoms with E-state index in [1.165, 1.54) is 0 Å². The van der Waals surface area contributed by atoms with Crippen LogP contribution in [0.2, 0.25) is 0 Å². The third kappa shape index (κ3) is 4.84. The Balaban J connectivity index is 2.41. The molecule has 1 rings (SSSR count). The molecular formula is C12H18N2O3. The topological polar surface area (TPSA) is 87.6 Å². The number of carbonyl (C=O) groups excluding carboxylic acids is 1. The van der Waals surface area contributed by atoms with E-state index in [1.54, 1.807) is 7.11 Å². The lowest BCUT2D eigenvalue weighted by Crippen LogP contribution is -2.37. The van der Waals surface area contributed by atoms with Crippen molar-refractivity contribution in [3.05, 3.63) is 29.8 Å². The number of ether oxygens (including phenoxy) is 2. The van der Waals surface area contributed by atoms with Crippen molar-refractivity contribution in [1.82, 2.24) is 0 Å².